The molecule has 0 fully saturated rings. The molecule has 0 heterocycles. The maximum atomic E-state index is 12.9. The minimum absolute atomic E-state index is 0.0854. The first-order valence-electron chi connectivity index (χ1n) is 33.9. The van der Waals surface area contributed by atoms with Gasteiger partial charge in [-0.3, -0.25) is 14.4 Å². The van der Waals surface area contributed by atoms with Crippen molar-refractivity contribution in [1.82, 2.24) is 0 Å². The molecule has 0 saturated heterocycles. The molecule has 0 spiro atoms. The lowest BCUT2D eigenvalue weighted by molar-refractivity contribution is -0.167. The Kier molecular flexibility index (Phi) is 64.3. The lowest BCUT2D eigenvalue weighted by atomic mass is 10.0. The number of carbonyl (C=O) groups is 3. The largest absolute Gasteiger partial charge is 0.462 e. The number of unbranched alkanes of at least 4 members (excludes halogenated alkanes) is 32. The maximum absolute atomic E-state index is 12.9. The van der Waals surface area contributed by atoms with Gasteiger partial charge in [0, 0.05) is 19.3 Å². The Morgan fingerprint density at radius 2 is 0.487 bits per heavy atom. The number of carbonyl (C=O) groups excluding carboxylic acids is 3. The van der Waals surface area contributed by atoms with Gasteiger partial charge in [-0.1, -0.05) is 291 Å². The van der Waals surface area contributed by atoms with Crippen molar-refractivity contribution in [2.75, 3.05) is 13.2 Å². The van der Waals surface area contributed by atoms with E-state index in [0.29, 0.717) is 19.3 Å². The molecule has 0 aliphatic carbocycles. The van der Waals surface area contributed by atoms with Crippen LogP contribution in [-0.4, -0.2) is 37.2 Å². The topological polar surface area (TPSA) is 78.9 Å². The Morgan fingerprint density at radius 1 is 0.263 bits per heavy atom. The first kappa shape index (κ1) is 76.1. The van der Waals surface area contributed by atoms with Gasteiger partial charge in [0.15, 0.2) is 6.10 Å². The van der Waals surface area contributed by atoms with Gasteiger partial charge in [0.1, 0.15) is 13.2 Å². The third kappa shape index (κ3) is 64.9. The van der Waals surface area contributed by atoms with Gasteiger partial charge in [0.25, 0.3) is 0 Å². The van der Waals surface area contributed by atoms with Gasteiger partial charge < -0.3 is 14.2 Å². The Labute approximate surface area is 495 Å². The summed E-state index contributed by atoms with van der Waals surface area (Å²) in [6.07, 6.45) is 92.5. The molecule has 0 aromatic carbocycles. The predicted octanol–water partition coefficient (Wildman–Crippen LogP) is 23.4. The van der Waals surface area contributed by atoms with E-state index in [1.54, 1.807) is 0 Å². The Bertz CT molecular complexity index is 1610. The molecule has 0 aliphatic rings. The molecule has 458 valence electrons. The number of allylic oxidation sites excluding steroid dienone is 18. The van der Waals surface area contributed by atoms with Crippen LogP contribution in [0.15, 0.2) is 109 Å². The number of hydrogen-bond acceptors (Lipinski definition) is 6. The minimum Gasteiger partial charge on any atom is -0.462 e. The molecule has 1 unspecified atom stereocenters. The summed E-state index contributed by atoms with van der Waals surface area (Å²) in [5, 5.41) is 0. The minimum atomic E-state index is -0.791. The fourth-order valence-electron chi connectivity index (χ4n) is 9.48. The van der Waals surface area contributed by atoms with Crippen molar-refractivity contribution in [2.45, 2.75) is 329 Å². The van der Waals surface area contributed by atoms with Crippen LogP contribution in [0.5, 0.6) is 0 Å². The van der Waals surface area contributed by atoms with Crippen molar-refractivity contribution in [3.8, 4) is 0 Å². The summed E-state index contributed by atoms with van der Waals surface area (Å²) in [6, 6.07) is 0. The molecule has 1 atom stereocenters. The fraction of sp³-hybridized carbons (Fsp3) is 0.716. The quantitative estimate of drug-likeness (QED) is 0.0261. The molecular formula is C74H126O6. The molecule has 0 rings (SSSR count). The molecule has 6 nitrogen and oxygen atoms in total. The summed E-state index contributed by atoms with van der Waals surface area (Å²) in [5.74, 6) is -0.898. The van der Waals surface area contributed by atoms with E-state index in [2.05, 4.69) is 130 Å². The van der Waals surface area contributed by atoms with Crippen LogP contribution in [0.2, 0.25) is 0 Å². The van der Waals surface area contributed by atoms with E-state index in [1.165, 1.54) is 154 Å². The second-order valence-corrected chi connectivity index (χ2v) is 22.3. The van der Waals surface area contributed by atoms with E-state index >= 15 is 0 Å². The normalized spacial score (nSPS) is 12.8. The van der Waals surface area contributed by atoms with Crippen molar-refractivity contribution in [3.05, 3.63) is 109 Å². The predicted molar refractivity (Wildman–Crippen MR) is 348 cm³/mol. The second-order valence-electron chi connectivity index (χ2n) is 22.3. The van der Waals surface area contributed by atoms with E-state index in [0.717, 1.165) is 128 Å². The van der Waals surface area contributed by atoms with Crippen molar-refractivity contribution < 1.29 is 28.6 Å². The van der Waals surface area contributed by atoms with Crippen molar-refractivity contribution in [3.63, 3.8) is 0 Å². The molecule has 80 heavy (non-hydrogen) atoms. The van der Waals surface area contributed by atoms with Crippen LogP contribution in [-0.2, 0) is 28.6 Å². The number of rotatable bonds is 61. The summed E-state index contributed by atoms with van der Waals surface area (Å²) in [5.41, 5.74) is 0. The highest BCUT2D eigenvalue weighted by Gasteiger charge is 2.19. The average molecular weight is 1110 g/mol. The standard InChI is InChI=1S/C74H126O6/c1-4-7-10-13-16-19-22-25-28-31-32-33-34-35-36-37-38-39-40-41-42-44-46-49-52-55-58-61-64-67-73(76)79-70-71(69-78-72(75)66-63-60-57-54-51-48-45-30-27-24-21-18-15-12-9-6-3)80-74(77)68-65-62-59-56-53-50-47-43-29-26-23-20-17-14-11-8-5-2/h7-8,10-11,16-17,19-21,24-26,28-30,32-33,45,71H,4-6,9,12-15,18,22-23,27,31,34-44,46-70H2,1-3H3/b10-7-,11-8-,19-16-,20-17-,24-21-,28-25-,29-26-,33-32-,45-30-. The van der Waals surface area contributed by atoms with Gasteiger partial charge in [-0.2, -0.15) is 0 Å². The molecule has 0 N–H and O–H groups in total. The van der Waals surface area contributed by atoms with Gasteiger partial charge in [-0.25, -0.2) is 0 Å². The van der Waals surface area contributed by atoms with Crippen LogP contribution in [0.3, 0.4) is 0 Å². The zero-order valence-electron chi connectivity index (χ0n) is 52.6. The van der Waals surface area contributed by atoms with Crippen LogP contribution in [0.25, 0.3) is 0 Å². The van der Waals surface area contributed by atoms with Gasteiger partial charge in [0.2, 0.25) is 0 Å². The molecule has 0 aliphatic heterocycles. The average Bonchev–Trinajstić information content (AvgIpc) is 3.46. The Hall–Kier alpha value is -3.93. The monoisotopic (exact) mass is 1110 g/mol. The second kappa shape index (κ2) is 67.6. The lowest BCUT2D eigenvalue weighted by Gasteiger charge is -2.18. The Morgan fingerprint density at radius 3 is 0.762 bits per heavy atom. The maximum Gasteiger partial charge on any atom is 0.306 e. The van der Waals surface area contributed by atoms with Crippen LogP contribution in [0, 0.1) is 0 Å². The van der Waals surface area contributed by atoms with E-state index in [4.69, 9.17) is 14.2 Å². The summed E-state index contributed by atoms with van der Waals surface area (Å²) in [4.78, 5) is 38.4. The summed E-state index contributed by atoms with van der Waals surface area (Å²) >= 11 is 0. The van der Waals surface area contributed by atoms with Crippen molar-refractivity contribution in [2.24, 2.45) is 0 Å². The third-order valence-corrected chi connectivity index (χ3v) is 14.5. The van der Waals surface area contributed by atoms with Gasteiger partial charge in [-0.05, 0) is 122 Å². The fourth-order valence-corrected chi connectivity index (χ4v) is 9.48. The highest BCUT2D eigenvalue weighted by Crippen LogP contribution is 2.17. The van der Waals surface area contributed by atoms with Crippen LogP contribution >= 0.6 is 0 Å². The first-order valence-corrected chi connectivity index (χ1v) is 33.9. The van der Waals surface area contributed by atoms with Crippen molar-refractivity contribution in [1.29, 1.82) is 0 Å². The number of hydrogen-bond donors (Lipinski definition) is 0. The van der Waals surface area contributed by atoms with Gasteiger partial charge in [0.05, 0.1) is 0 Å². The van der Waals surface area contributed by atoms with Crippen LogP contribution in [0.1, 0.15) is 323 Å². The summed E-state index contributed by atoms with van der Waals surface area (Å²) in [6.45, 7) is 6.41. The zero-order valence-corrected chi connectivity index (χ0v) is 52.6. The van der Waals surface area contributed by atoms with Crippen LogP contribution in [0.4, 0.5) is 0 Å². The summed E-state index contributed by atoms with van der Waals surface area (Å²) < 4.78 is 16.9. The SMILES string of the molecule is CC/C=C\C/C=C\C/C=C\C/C=C\CCCCCCCCCCCCCCCCCCC(=O)OCC(COC(=O)CCCCCCC/C=C\C/C=C\CCCCCC)OC(=O)CCCCCCCCC/C=C\C/C=C\C/C=C\CC. The van der Waals surface area contributed by atoms with Gasteiger partial charge >= 0.3 is 17.9 Å². The molecule has 6 heteroatoms. The highest BCUT2D eigenvalue weighted by molar-refractivity contribution is 5.71. The van der Waals surface area contributed by atoms with E-state index < -0.39 is 6.10 Å². The highest BCUT2D eigenvalue weighted by atomic mass is 16.6. The Balaban J connectivity index is 4.29. The molecule has 0 saturated carbocycles. The van der Waals surface area contributed by atoms with E-state index in [1.807, 2.05) is 0 Å². The number of esters is 3. The molecule has 0 radical (unpaired) electrons. The summed E-state index contributed by atoms with van der Waals surface area (Å²) in [7, 11) is 0. The molecule has 0 aromatic rings. The third-order valence-electron chi connectivity index (χ3n) is 14.5. The zero-order chi connectivity index (χ0) is 57.8. The van der Waals surface area contributed by atoms with E-state index in [-0.39, 0.29) is 31.1 Å². The van der Waals surface area contributed by atoms with Crippen LogP contribution < -0.4 is 0 Å². The molecule has 0 amide bonds. The smallest absolute Gasteiger partial charge is 0.306 e. The first-order chi connectivity index (χ1) is 39.5. The van der Waals surface area contributed by atoms with Gasteiger partial charge in [-0.15, -0.1) is 0 Å². The lowest BCUT2D eigenvalue weighted by Crippen LogP contribution is -2.30. The molecule has 0 aromatic heterocycles. The van der Waals surface area contributed by atoms with E-state index in [9.17, 15) is 14.4 Å². The molecular weight excluding hydrogens is 985 g/mol. The molecule has 0 bridgehead atoms. The number of ether oxygens (including phenoxy) is 3. The van der Waals surface area contributed by atoms with Crippen molar-refractivity contribution >= 4 is 17.9 Å².